The Morgan fingerprint density at radius 1 is 1.40 bits per heavy atom. The summed E-state index contributed by atoms with van der Waals surface area (Å²) in [4.78, 5) is 10.8. The van der Waals surface area contributed by atoms with Crippen LogP contribution in [0, 0.1) is 0 Å². The molecule has 0 spiro atoms. The third-order valence-corrected chi connectivity index (χ3v) is 4.28. The Balaban J connectivity index is 2.63. The second-order valence-corrected chi connectivity index (χ2v) is 11.2. The van der Waals surface area contributed by atoms with Crippen LogP contribution < -0.4 is 0 Å². The number of hydrogen-bond acceptors (Lipinski definition) is 4. The molecule has 0 aliphatic carbocycles. The van der Waals surface area contributed by atoms with Crippen LogP contribution in [0.1, 0.15) is 0 Å². The van der Waals surface area contributed by atoms with Gasteiger partial charge >= 0.3 is 6.18 Å². The fourth-order valence-electron chi connectivity index (χ4n) is 1.43. The van der Waals surface area contributed by atoms with E-state index >= 15 is 0 Å². The van der Waals surface area contributed by atoms with Gasteiger partial charge in [0.25, 0.3) is 0 Å². The maximum Gasteiger partial charge on any atom is 0.419 e. The molecule has 0 atom stereocenters. The number of hydrogen-bond donors (Lipinski definition) is 0. The molecule has 0 aromatic rings. The minimum absolute atomic E-state index is 0.195. The molecule has 0 fully saturated rings. The van der Waals surface area contributed by atoms with E-state index in [9.17, 15) is 18.0 Å². The van der Waals surface area contributed by atoms with Crippen molar-refractivity contribution < 1.29 is 22.7 Å². The molecule has 4 nitrogen and oxygen atoms in total. The van der Waals surface area contributed by atoms with Gasteiger partial charge in [0.1, 0.15) is 6.73 Å². The standard InChI is InChI=1S/C12H17F3N2O2Si/c1-20(2,3)7-6-19-9-17-11(8-18)10(4-5-16-17)12(13,14)15/h4-5H,6-7,9H2,1-3H3. The lowest BCUT2D eigenvalue weighted by Gasteiger charge is -2.25. The van der Waals surface area contributed by atoms with Gasteiger partial charge in [0.05, 0.1) is 5.57 Å². The molecule has 0 bridgehead atoms. The van der Waals surface area contributed by atoms with Crippen molar-refractivity contribution in [1.82, 2.24) is 5.01 Å². The zero-order chi connectivity index (χ0) is 15.4. The van der Waals surface area contributed by atoms with Gasteiger partial charge in [-0.2, -0.15) is 18.3 Å². The minimum Gasteiger partial charge on any atom is -0.359 e. The van der Waals surface area contributed by atoms with Gasteiger partial charge in [-0.05, 0) is 12.1 Å². The first kappa shape index (κ1) is 16.7. The van der Waals surface area contributed by atoms with Crippen LogP contribution in [0.15, 0.2) is 22.4 Å². The molecular weight excluding hydrogens is 289 g/mol. The van der Waals surface area contributed by atoms with Crippen molar-refractivity contribution in [2.45, 2.75) is 31.9 Å². The number of rotatable bonds is 5. The summed E-state index contributed by atoms with van der Waals surface area (Å²) < 4.78 is 43.4. The Hall–Kier alpha value is -1.37. The van der Waals surface area contributed by atoms with Gasteiger partial charge in [-0.15, -0.1) is 0 Å². The van der Waals surface area contributed by atoms with E-state index in [0.29, 0.717) is 6.61 Å². The number of allylic oxidation sites excluding steroid dienone is 2. The summed E-state index contributed by atoms with van der Waals surface area (Å²) in [7, 11) is -1.27. The van der Waals surface area contributed by atoms with Crippen LogP contribution in [0.2, 0.25) is 25.7 Å². The van der Waals surface area contributed by atoms with Gasteiger partial charge in [0, 0.05) is 20.9 Å². The fourth-order valence-corrected chi connectivity index (χ4v) is 2.18. The smallest absolute Gasteiger partial charge is 0.359 e. The molecule has 1 heterocycles. The zero-order valence-corrected chi connectivity index (χ0v) is 12.6. The maximum atomic E-state index is 12.7. The summed E-state index contributed by atoms with van der Waals surface area (Å²) in [5.74, 6) is 1.29. The number of carbonyl (C=O) groups excluding carboxylic acids is 1. The van der Waals surface area contributed by atoms with Gasteiger partial charge in [0.2, 0.25) is 0 Å². The van der Waals surface area contributed by atoms with E-state index in [-0.39, 0.29) is 6.73 Å². The molecule has 0 aromatic carbocycles. The van der Waals surface area contributed by atoms with Crippen LogP contribution in [-0.4, -0.2) is 44.8 Å². The molecule has 112 valence electrons. The average molecular weight is 306 g/mol. The highest BCUT2D eigenvalue weighted by Gasteiger charge is 2.39. The van der Waals surface area contributed by atoms with Crippen LogP contribution >= 0.6 is 0 Å². The Bertz CT molecular complexity index is 460. The Morgan fingerprint density at radius 3 is 2.55 bits per heavy atom. The van der Waals surface area contributed by atoms with E-state index in [1.54, 1.807) is 0 Å². The average Bonchev–Trinajstić information content (AvgIpc) is 2.32. The zero-order valence-electron chi connectivity index (χ0n) is 11.6. The van der Waals surface area contributed by atoms with E-state index in [0.717, 1.165) is 23.3 Å². The first-order chi connectivity index (χ1) is 9.15. The third kappa shape index (κ3) is 4.95. The molecule has 0 aromatic heterocycles. The van der Waals surface area contributed by atoms with Gasteiger partial charge in [-0.25, -0.2) is 9.80 Å². The Morgan fingerprint density at radius 2 is 2.05 bits per heavy atom. The van der Waals surface area contributed by atoms with Crippen LogP contribution in [0.3, 0.4) is 0 Å². The second kappa shape index (κ2) is 6.38. The quantitative estimate of drug-likeness (QED) is 0.445. The second-order valence-electron chi connectivity index (χ2n) is 5.54. The van der Waals surface area contributed by atoms with Gasteiger partial charge in [0.15, 0.2) is 11.6 Å². The lowest BCUT2D eigenvalue weighted by molar-refractivity contribution is -0.0928. The highest BCUT2D eigenvalue weighted by Crippen LogP contribution is 2.32. The highest BCUT2D eigenvalue weighted by molar-refractivity contribution is 6.76. The van der Waals surface area contributed by atoms with Crippen molar-refractivity contribution in [3.63, 3.8) is 0 Å². The lowest BCUT2D eigenvalue weighted by Crippen LogP contribution is -2.30. The van der Waals surface area contributed by atoms with Crippen molar-refractivity contribution in [1.29, 1.82) is 0 Å². The maximum absolute atomic E-state index is 12.7. The molecule has 0 saturated heterocycles. The topological polar surface area (TPSA) is 41.9 Å². The monoisotopic (exact) mass is 306 g/mol. The molecule has 0 saturated carbocycles. The molecule has 0 amide bonds. The first-order valence-electron chi connectivity index (χ1n) is 6.07. The molecule has 0 radical (unpaired) electrons. The number of hydrazone groups is 1. The van der Waals surface area contributed by atoms with E-state index in [4.69, 9.17) is 4.74 Å². The summed E-state index contributed by atoms with van der Waals surface area (Å²) in [6.07, 6.45) is -2.87. The molecule has 0 N–H and O–H groups in total. The molecule has 8 heteroatoms. The van der Waals surface area contributed by atoms with E-state index < -0.39 is 25.5 Å². The molecular formula is C12H17F3N2O2Si. The molecule has 1 aliphatic heterocycles. The number of alkyl halides is 3. The highest BCUT2D eigenvalue weighted by atomic mass is 28.3. The van der Waals surface area contributed by atoms with E-state index in [1.165, 1.54) is 5.94 Å². The number of ether oxygens (including phenoxy) is 1. The predicted octanol–water partition coefficient (Wildman–Crippen LogP) is 2.80. The third-order valence-electron chi connectivity index (χ3n) is 2.57. The Labute approximate surface area is 116 Å². The van der Waals surface area contributed by atoms with Crippen molar-refractivity contribution in [3.05, 3.63) is 17.3 Å². The molecule has 1 rings (SSSR count). The SMILES string of the molecule is C[Si](C)(C)CCOCN1N=CC=C(C(F)(F)F)C1=C=O. The molecule has 1 aliphatic rings. The van der Waals surface area contributed by atoms with Crippen LogP contribution in [0.25, 0.3) is 0 Å². The minimum atomic E-state index is -4.62. The lowest BCUT2D eigenvalue weighted by atomic mass is 10.1. The van der Waals surface area contributed by atoms with Crippen LogP contribution in [-0.2, 0) is 9.53 Å². The number of nitrogens with zero attached hydrogens (tertiary/aromatic N) is 2. The summed E-state index contributed by atoms with van der Waals surface area (Å²) >= 11 is 0. The van der Waals surface area contributed by atoms with Crippen molar-refractivity contribution in [2.75, 3.05) is 13.3 Å². The Kier molecular flexibility index (Phi) is 5.32. The van der Waals surface area contributed by atoms with Gasteiger partial charge in [-0.3, -0.25) is 0 Å². The van der Waals surface area contributed by atoms with Crippen LogP contribution in [0.5, 0.6) is 0 Å². The normalized spacial score (nSPS) is 16.2. The van der Waals surface area contributed by atoms with Gasteiger partial charge in [-0.1, -0.05) is 19.6 Å². The van der Waals surface area contributed by atoms with Crippen molar-refractivity contribution in [2.24, 2.45) is 5.10 Å². The largest absolute Gasteiger partial charge is 0.419 e. The van der Waals surface area contributed by atoms with Crippen molar-refractivity contribution >= 4 is 20.2 Å². The fraction of sp³-hybridized carbons (Fsp3) is 0.583. The van der Waals surface area contributed by atoms with E-state index in [1.807, 2.05) is 0 Å². The predicted molar refractivity (Wildman–Crippen MR) is 72.6 cm³/mol. The first-order valence-corrected chi connectivity index (χ1v) is 9.78. The summed E-state index contributed by atoms with van der Waals surface area (Å²) in [6.45, 7) is 6.72. The van der Waals surface area contributed by atoms with Crippen molar-refractivity contribution in [3.8, 4) is 0 Å². The summed E-state index contributed by atoms with van der Waals surface area (Å²) in [6, 6.07) is 0.882. The molecule has 20 heavy (non-hydrogen) atoms. The summed E-state index contributed by atoms with van der Waals surface area (Å²) in [5.41, 5.74) is -1.70. The summed E-state index contributed by atoms with van der Waals surface area (Å²) in [5, 5.41) is 4.57. The van der Waals surface area contributed by atoms with Gasteiger partial charge < -0.3 is 4.74 Å². The number of halogens is 3. The van der Waals surface area contributed by atoms with E-state index in [2.05, 4.69) is 24.7 Å². The molecule has 0 unspecified atom stereocenters. The van der Waals surface area contributed by atoms with Crippen LogP contribution in [0.4, 0.5) is 13.2 Å².